The topological polar surface area (TPSA) is 138 Å². The van der Waals surface area contributed by atoms with Crippen LogP contribution in [0.2, 0.25) is 0 Å². The third kappa shape index (κ3) is 8.94. The summed E-state index contributed by atoms with van der Waals surface area (Å²) in [5.74, 6) is -0.573. The Labute approximate surface area is 220 Å². The fourth-order valence-electron chi connectivity index (χ4n) is 3.69. The van der Waals surface area contributed by atoms with E-state index in [9.17, 15) is 24.7 Å². The monoisotopic (exact) mass is 527 g/mol. The van der Waals surface area contributed by atoms with Gasteiger partial charge in [0.25, 0.3) is 0 Å². The van der Waals surface area contributed by atoms with Gasteiger partial charge < -0.3 is 29.9 Å². The van der Waals surface area contributed by atoms with Crippen molar-refractivity contribution in [2.24, 2.45) is 5.92 Å². The van der Waals surface area contributed by atoms with Crippen molar-refractivity contribution in [1.82, 2.24) is 14.6 Å². The maximum absolute atomic E-state index is 13.4. The Morgan fingerprint density at radius 2 is 1.78 bits per heavy atom. The van der Waals surface area contributed by atoms with Crippen LogP contribution in [-0.4, -0.2) is 60.5 Å². The highest BCUT2D eigenvalue weighted by Gasteiger charge is 2.31. The van der Waals surface area contributed by atoms with Gasteiger partial charge in [-0.1, -0.05) is 50.2 Å². The van der Waals surface area contributed by atoms with Gasteiger partial charge in [0, 0.05) is 30.6 Å². The Morgan fingerprint density at radius 3 is 2.43 bits per heavy atom. The number of carbonyl (C=O) groups is 1. The lowest BCUT2D eigenvalue weighted by Gasteiger charge is -2.31. The molecule has 0 aliphatic carbocycles. The molecule has 0 aliphatic heterocycles. The second-order valence-electron chi connectivity index (χ2n) is 9.09. The third-order valence-corrected chi connectivity index (χ3v) is 6.93. The van der Waals surface area contributed by atoms with E-state index in [1.807, 2.05) is 44.2 Å². The molecule has 0 bridgehead atoms. The number of carbonyl (C=O) groups excluding carboxylic acids is 1. The molecule has 4 N–H and O–H groups in total. The molecule has 3 rings (SSSR count). The molecule has 9 nitrogen and oxygen atoms in total. The number of amides is 1. The van der Waals surface area contributed by atoms with Crippen molar-refractivity contribution in [2.45, 2.75) is 43.9 Å². The van der Waals surface area contributed by atoms with Gasteiger partial charge in [-0.05, 0) is 36.1 Å². The fraction of sp³-hybridized carbons (Fsp3) is 0.333. The number of phenols is 2. The Hall–Kier alpha value is -3.31. The molecule has 0 saturated carbocycles. The minimum absolute atomic E-state index is 0.0210. The first-order chi connectivity index (χ1) is 17.7. The van der Waals surface area contributed by atoms with E-state index in [4.69, 9.17) is 4.74 Å². The zero-order chi connectivity index (χ0) is 26.8. The van der Waals surface area contributed by atoms with Gasteiger partial charge in [0.05, 0.1) is 30.1 Å². The highest BCUT2D eigenvalue weighted by atomic mass is 32.2. The van der Waals surface area contributed by atoms with E-state index in [0.717, 1.165) is 11.1 Å². The summed E-state index contributed by atoms with van der Waals surface area (Å²) in [6.07, 6.45) is 1.77. The smallest absolute Gasteiger partial charge is 0.407 e. The molecule has 0 radical (unpaired) electrons. The van der Waals surface area contributed by atoms with Crippen molar-refractivity contribution in [1.29, 1.82) is 0 Å². The van der Waals surface area contributed by atoms with Crippen molar-refractivity contribution in [3.63, 3.8) is 0 Å². The molecule has 1 aromatic heterocycles. The molecule has 37 heavy (non-hydrogen) atoms. The van der Waals surface area contributed by atoms with E-state index in [1.165, 1.54) is 18.2 Å². The molecule has 1 amide bonds. The first-order valence-corrected chi connectivity index (χ1v) is 13.1. The average Bonchev–Trinajstić information content (AvgIpc) is 2.89. The van der Waals surface area contributed by atoms with E-state index >= 15 is 0 Å². The Balaban J connectivity index is 1.75. The van der Waals surface area contributed by atoms with Crippen LogP contribution in [-0.2, 0) is 29.1 Å². The number of hydrogen-bond donors (Lipinski definition) is 4. The number of aromatic nitrogens is 1. The van der Waals surface area contributed by atoms with Crippen LogP contribution in [0.5, 0.6) is 11.5 Å². The van der Waals surface area contributed by atoms with Gasteiger partial charge in [-0.3, -0.25) is 4.98 Å². The van der Waals surface area contributed by atoms with Crippen LogP contribution in [0.4, 0.5) is 4.79 Å². The summed E-state index contributed by atoms with van der Waals surface area (Å²) >= 11 is -1.73. The average molecular weight is 528 g/mol. The van der Waals surface area contributed by atoms with Crippen molar-refractivity contribution >= 4 is 17.5 Å². The second-order valence-corrected chi connectivity index (χ2v) is 10.6. The van der Waals surface area contributed by atoms with Gasteiger partial charge in [-0.15, -0.1) is 4.31 Å². The largest absolute Gasteiger partial charge is 0.593 e. The number of rotatable bonds is 12. The molecule has 0 spiro atoms. The van der Waals surface area contributed by atoms with Crippen molar-refractivity contribution in [2.75, 3.05) is 13.1 Å². The zero-order valence-corrected chi connectivity index (χ0v) is 21.7. The Kier molecular flexibility index (Phi) is 10.6. The van der Waals surface area contributed by atoms with Gasteiger partial charge in [0.1, 0.15) is 6.61 Å². The number of aromatic hydroxyl groups is 2. The molecule has 0 aliphatic rings. The quantitative estimate of drug-likeness (QED) is 0.208. The summed E-state index contributed by atoms with van der Waals surface area (Å²) in [7, 11) is 0. The second kappa shape index (κ2) is 13.8. The third-order valence-electron chi connectivity index (χ3n) is 5.50. The Bertz CT molecular complexity index is 1120. The SMILES string of the molecule is CC(C)CN(C[C@@H](O)[C@H](Cc1ccccc1)NC(=O)OCc1cccnc1)[S+]([O-])c1ccc(O)c(O)c1. The maximum Gasteiger partial charge on any atom is 0.407 e. The summed E-state index contributed by atoms with van der Waals surface area (Å²) in [6.45, 7) is 4.31. The summed E-state index contributed by atoms with van der Waals surface area (Å²) in [6, 6.07) is 16.2. The number of aliphatic hydroxyl groups excluding tert-OH is 1. The van der Waals surface area contributed by atoms with Crippen molar-refractivity contribution < 1.29 is 29.4 Å². The standard InChI is InChI=1S/C27H33N3O6S/c1-19(2)16-30(37(35)22-10-11-24(31)25(32)14-22)17-26(33)23(13-20-7-4-3-5-8-20)29-27(34)36-18-21-9-6-12-28-15-21/h3-12,14-15,19,23,26,31-33H,13,16-18H2,1-2H3,(H,29,34)/t23-,26+,37?/m0/s1. The lowest BCUT2D eigenvalue weighted by molar-refractivity contribution is 0.0873. The van der Waals surface area contributed by atoms with Crippen molar-refractivity contribution in [3.8, 4) is 11.5 Å². The lowest BCUT2D eigenvalue weighted by Crippen LogP contribution is -2.51. The highest BCUT2D eigenvalue weighted by Crippen LogP contribution is 2.29. The van der Waals surface area contributed by atoms with E-state index in [0.29, 0.717) is 13.0 Å². The number of hydrogen-bond acceptors (Lipinski definition) is 8. The normalized spacial score (nSPS) is 13.8. The molecular formula is C27H33N3O6S. The van der Waals surface area contributed by atoms with Gasteiger partial charge in [0.2, 0.25) is 0 Å². The molecule has 1 unspecified atom stereocenters. The van der Waals surface area contributed by atoms with Gasteiger partial charge in [0.15, 0.2) is 16.4 Å². The maximum atomic E-state index is 13.4. The van der Waals surface area contributed by atoms with Crippen LogP contribution >= 0.6 is 0 Å². The number of ether oxygens (including phenoxy) is 1. The molecule has 1 heterocycles. The number of aliphatic hydroxyl groups is 1. The van der Waals surface area contributed by atoms with Crippen molar-refractivity contribution in [3.05, 3.63) is 84.2 Å². The van der Waals surface area contributed by atoms with E-state index in [2.05, 4.69) is 10.3 Å². The molecule has 198 valence electrons. The first kappa shape index (κ1) is 28.3. The number of benzene rings is 2. The predicted molar refractivity (Wildman–Crippen MR) is 140 cm³/mol. The van der Waals surface area contributed by atoms with Crippen LogP contribution in [0.15, 0.2) is 78.0 Å². The number of phenolic OH excluding ortho intramolecular Hbond substituents is 2. The minimum Gasteiger partial charge on any atom is -0.593 e. The van der Waals surface area contributed by atoms with Crippen LogP contribution in [0.3, 0.4) is 0 Å². The van der Waals surface area contributed by atoms with Crippen LogP contribution in [0.25, 0.3) is 0 Å². The summed E-state index contributed by atoms with van der Waals surface area (Å²) < 4.78 is 20.3. The number of alkyl carbamates (subject to hydrolysis) is 1. The first-order valence-electron chi connectivity index (χ1n) is 12.0. The Morgan fingerprint density at radius 1 is 1.05 bits per heavy atom. The summed E-state index contributed by atoms with van der Waals surface area (Å²) in [5, 5.41) is 33.5. The summed E-state index contributed by atoms with van der Waals surface area (Å²) in [5.41, 5.74) is 1.63. The van der Waals surface area contributed by atoms with Crippen LogP contribution in [0, 0.1) is 5.92 Å². The molecule has 0 fully saturated rings. The molecule has 0 saturated heterocycles. The zero-order valence-electron chi connectivity index (χ0n) is 20.9. The van der Waals surface area contributed by atoms with Gasteiger partial charge in [-0.2, -0.15) is 0 Å². The molecular weight excluding hydrogens is 494 g/mol. The van der Waals surface area contributed by atoms with E-state index in [-0.39, 0.29) is 35.5 Å². The molecule has 3 aromatic rings. The summed E-state index contributed by atoms with van der Waals surface area (Å²) in [4.78, 5) is 16.9. The van der Waals surface area contributed by atoms with Gasteiger partial charge in [-0.25, -0.2) is 4.79 Å². The van der Waals surface area contributed by atoms with Gasteiger partial charge >= 0.3 is 6.09 Å². The minimum atomic E-state index is -1.73. The number of pyridine rings is 1. The highest BCUT2D eigenvalue weighted by molar-refractivity contribution is 7.89. The van der Waals surface area contributed by atoms with Crippen LogP contribution in [0.1, 0.15) is 25.0 Å². The molecule has 10 heteroatoms. The predicted octanol–water partition coefficient (Wildman–Crippen LogP) is 3.37. The van der Waals surface area contributed by atoms with E-state index < -0.39 is 29.6 Å². The molecule has 2 aromatic carbocycles. The number of nitrogens with one attached hydrogen (secondary N) is 1. The fourth-order valence-corrected chi connectivity index (χ4v) is 5.11. The number of nitrogens with zero attached hydrogens (tertiary/aromatic N) is 2. The lowest BCUT2D eigenvalue weighted by atomic mass is 10.0. The van der Waals surface area contributed by atoms with E-state index in [1.54, 1.807) is 28.8 Å². The molecule has 3 atom stereocenters. The van der Waals surface area contributed by atoms with Crippen LogP contribution < -0.4 is 5.32 Å².